The third kappa shape index (κ3) is 4.28. The standard InChI is InChI=1S/C15H20FNO3/c16-13-6-4-12(5-7-13)14(18)2-1-3-15(19)17-8-10-20-11-9-17/h4-7,14,18H,1-3,8-11H2. The second kappa shape index (κ2) is 7.36. The second-order valence-electron chi connectivity index (χ2n) is 4.95. The summed E-state index contributed by atoms with van der Waals surface area (Å²) in [6, 6.07) is 5.81. The molecule has 0 spiro atoms. The van der Waals surface area contributed by atoms with Gasteiger partial charge in [-0.15, -0.1) is 0 Å². The first-order valence-electron chi connectivity index (χ1n) is 6.96. The molecule has 1 aromatic rings. The summed E-state index contributed by atoms with van der Waals surface area (Å²) in [5.74, 6) is -0.206. The Bertz CT molecular complexity index is 429. The summed E-state index contributed by atoms with van der Waals surface area (Å²) in [5.41, 5.74) is 0.685. The summed E-state index contributed by atoms with van der Waals surface area (Å²) >= 11 is 0. The van der Waals surface area contributed by atoms with Crippen molar-refractivity contribution >= 4 is 5.91 Å². The molecule has 1 heterocycles. The van der Waals surface area contributed by atoms with Crippen molar-refractivity contribution in [2.75, 3.05) is 26.3 Å². The molecular weight excluding hydrogens is 261 g/mol. The van der Waals surface area contributed by atoms with Crippen LogP contribution in [0.1, 0.15) is 30.9 Å². The van der Waals surface area contributed by atoms with Crippen molar-refractivity contribution in [1.82, 2.24) is 4.90 Å². The summed E-state index contributed by atoms with van der Waals surface area (Å²) in [6.45, 7) is 2.51. The monoisotopic (exact) mass is 281 g/mol. The highest BCUT2D eigenvalue weighted by Gasteiger charge is 2.17. The zero-order chi connectivity index (χ0) is 14.4. The number of aliphatic hydroxyl groups excluding tert-OH is 1. The highest BCUT2D eigenvalue weighted by Crippen LogP contribution is 2.19. The van der Waals surface area contributed by atoms with E-state index in [9.17, 15) is 14.3 Å². The lowest BCUT2D eigenvalue weighted by atomic mass is 10.0. The number of nitrogens with zero attached hydrogens (tertiary/aromatic N) is 1. The minimum absolute atomic E-state index is 0.111. The Morgan fingerprint density at radius 1 is 1.30 bits per heavy atom. The Morgan fingerprint density at radius 3 is 2.60 bits per heavy atom. The normalized spacial score (nSPS) is 17.0. The van der Waals surface area contributed by atoms with Gasteiger partial charge in [-0.2, -0.15) is 0 Å². The Morgan fingerprint density at radius 2 is 1.95 bits per heavy atom. The summed E-state index contributed by atoms with van der Waals surface area (Å²) in [4.78, 5) is 13.7. The van der Waals surface area contributed by atoms with Gasteiger partial charge in [-0.1, -0.05) is 12.1 Å². The number of aliphatic hydroxyl groups is 1. The van der Waals surface area contributed by atoms with Crippen LogP contribution in [0, 0.1) is 5.82 Å². The molecule has 1 unspecified atom stereocenters. The molecule has 5 heteroatoms. The number of hydrogen-bond acceptors (Lipinski definition) is 3. The van der Waals surface area contributed by atoms with Crippen LogP contribution in [0.4, 0.5) is 4.39 Å². The highest BCUT2D eigenvalue weighted by molar-refractivity contribution is 5.76. The summed E-state index contributed by atoms with van der Waals surface area (Å²) in [7, 11) is 0. The van der Waals surface area contributed by atoms with Gasteiger partial charge < -0.3 is 14.7 Å². The van der Waals surface area contributed by atoms with Crippen LogP contribution in [0.25, 0.3) is 0 Å². The average Bonchev–Trinajstić information content (AvgIpc) is 2.48. The third-order valence-corrected chi connectivity index (χ3v) is 3.49. The Balaban J connectivity index is 1.72. The van der Waals surface area contributed by atoms with E-state index in [2.05, 4.69) is 0 Å². The predicted octanol–water partition coefficient (Wildman–Crippen LogP) is 1.89. The van der Waals surface area contributed by atoms with Gasteiger partial charge in [0.2, 0.25) is 5.91 Å². The van der Waals surface area contributed by atoms with E-state index in [4.69, 9.17) is 4.74 Å². The summed E-state index contributed by atoms with van der Waals surface area (Å²) < 4.78 is 18.0. The van der Waals surface area contributed by atoms with Crippen molar-refractivity contribution < 1.29 is 19.0 Å². The highest BCUT2D eigenvalue weighted by atomic mass is 19.1. The first kappa shape index (κ1) is 14.9. The van der Waals surface area contributed by atoms with E-state index < -0.39 is 6.10 Å². The van der Waals surface area contributed by atoms with Gasteiger partial charge in [0.15, 0.2) is 0 Å². The number of carbonyl (C=O) groups is 1. The molecule has 1 aliphatic heterocycles. The van der Waals surface area contributed by atoms with Crippen molar-refractivity contribution in [1.29, 1.82) is 0 Å². The number of rotatable bonds is 5. The molecular formula is C15H20FNO3. The van der Waals surface area contributed by atoms with E-state index in [0.717, 1.165) is 0 Å². The van der Waals surface area contributed by atoms with Gasteiger partial charge in [0.1, 0.15) is 5.82 Å². The fourth-order valence-corrected chi connectivity index (χ4v) is 2.27. The molecule has 2 rings (SSSR count). The van der Waals surface area contributed by atoms with Crippen molar-refractivity contribution in [2.45, 2.75) is 25.4 Å². The molecule has 110 valence electrons. The fourth-order valence-electron chi connectivity index (χ4n) is 2.27. The quantitative estimate of drug-likeness (QED) is 0.896. The minimum atomic E-state index is -0.645. The number of ether oxygens (including phenoxy) is 1. The largest absolute Gasteiger partial charge is 0.388 e. The lowest BCUT2D eigenvalue weighted by Gasteiger charge is -2.27. The lowest BCUT2D eigenvalue weighted by molar-refractivity contribution is -0.135. The number of hydrogen-bond donors (Lipinski definition) is 1. The van der Waals surface area contributed by atoms with E-state index in [1.54, 1.807) is 17.0 Å². The summed E-state index contributed by atoms with van der Waals surface area (Å²) in [5, 5.41) is 9.97. The molecule has 1 aliphatic rings. The van der Waals surface area contributed by atoms with Crippen molar-refractivity contribution in [2.24, 2.45) is 0 Å². The van der Waals surface area contributed by atoms with Crippen molar-refractivity contribution in [3.8, 4) is 0 Å². The lowest BCUT2D eigenvalue weighted by Crippen LogP contribution is -2.40. The second-order valence-corrected chi connectivity index (χ2v) is 4.95. The van der Waals surface area contributed by atoms with Crippen LogP contribution < -0.4 is 0 Å². The molecule has 0 aliphatic carbocycles. The molecule has 1 fully saturated rings. The first-order valence-corrected chi connectivity index (χ1v) is 6.96. The number of benzene rings is 1. The van der Waals surface area contributed by atoms with E-state index in [1.807, 2.05) is 0 Å². The maximum atomic E-state index is 12.8. The molecule has 1 amide bonds. The van der Waals surface area contributed by atoms with Crippen LogP contribution >= 0.6 is 0 Å². The van der Waals surface area contributed by atoms with Crippen LogP contribution in [0.2, 0.25) is 0 Å². The average molecular weight is 281 g/mol. The van der Waals surface area contributed by atoms with E-state index in [1.165, 1.54) is 12.1 Å². The Kier molecular flexibility index (Phi) is 5.49. The topological polar surface area (TPSA) is 49.8 Å². The van der Waals surface area contributed by atoms with Gasteiger partial charge >= 0.3 is 0 Å². The van der Waals surface area contributed by atoms with Crippen LogP contribution in [0.3, 0.4) is 0 Å². The number of amides is 1. The SMILES string of the molecule is O=C(CCCC(O)c1ccc(F)cc1)N1CCOCC1. The molecule has 1 saturated heterocycles. The zero-order valence-electron chi connectivity index (χ0n) is 11.4. The number of carbonyl (C=O) groups excluding carboxylic acids is 1. The molecule has 1 N–H and O–H groups in total. The smallest absolute Gasteiger partial charge is 0.222 e. The Hall–Kier alpha value is -1.46. The van der Waals surface area contributed by atoms with Crippen LogP contribution in [-0.4, -0.2) is 42.2 Å². The molecule has 0 radical (unpaired) electrons. The first-order chi connectivity index (χ1) is 9.66. The van der Waals surface area contributed by atoms with Crippen LogP contribution in [0.5, 0.6) is 0 Å². The van der Waals surface area contributed by atoms with E-state index in [0.29, 0.717) is 51.1 Å². The van der Waals surface area contributed by atoms with Gasteiger partial charge in [0, 0.05) is 19.5 Å². The van der Waals surface area contributed by atoms with Crippen molar-refractivity contribution in [3.63, 3.8) is 0 Å². The molecule has 1 aromatic carbocycles. The minimum Gasteiger partial charge on any atom is -0.388 e. The van der Waals surface area contributed by atoms with Gasteiger partial charge in [0.25, 0.3) is 0 Å². The van der Waals surface area contributed by atoms with Gasteiger partial charge in [0.05, 0.1) is 19.3 Å². The third-order valence-electron chi connectivity index (χ3n) is 3.49. The van der Waals surface area contributed by atoms with Gasteiger partial charge in [-0.3, -0.25) is 4.79 Å². The predicted molar refractivity (Wildman–Crippen MR) is 72.6 cm³/mol. The molecule has 0 bridgehead atoms. The summed E-state index contributed by atoms with van der Waals surface area (Å²) in [6.07, 6.45) is 0.905. The Labute approximate surface area is 118 Å². The van der Waals surface area contributed by atoms with Crippen LogP contribution in [-0.2, 0) is 9.53 Å². The number of morpholine rings is 1. The molecule has 4 nitrogen and oxygen atoms in total. The fraction of sp³-hybridized carbons (Fsp3) is 0.533. The van der Waals surface area contributed by atoms with E-state index in [-0.39, 0.29) is 11.7 Å². The van der Waals surface area contributed by atoms with Crippen molar-refractivity contribution in [3.05, 3.63) is 35.6 Å². The maximum absolute atomic E-state index is 12.8. The van der Waals surface area contributed by atoms with Crippen LogP contribution in [0.15, 0.2) is 24.3 Å². The zero-order valence-corrected chi connectivity index (χ0v) is 11.4. The molecule has 1 atom stereocenters. The van der Waals surface area contributed by atoms with E-state index >= 15 is 0 Å². The van der Waals surface area contributed by atoms with Gasteiger partial charge in [-0.25, -0.2) is 4.39 Å². The molecule has 0 aromatic heterocycles. The molecule has 0 saturated carbocycles. The maximum Gasteiger partial charge on any atom is 0.222 e. The number of halogens is 1. The van der Waals surface area contributed by atoms with Gasteiger partial charge in [-0.05, 0) is 30.5 Å². The molecule has 20 heavy (non-hydrogen) atoms.